The van der Waals surface area contributed by atoms with Crippen LogP contribution in [0.15, 0.2) is 0 Å². The molecule has 0 heterocycles. The van der Waals surface area contributed by atoms with E-state index in [0.717, 1.165) is 0 Å². The molecule has 0 bridgehead atoms. The molecule has 0 radical (unpaired) electrons. The SMILES string of the molecule is CCCCCCCCCCC(NN)C1(C)CCCC1. The minimum absolute atomic E-state index is 0.468. The van der Waals surface area contributed by atoms with Crippen LogP contribution < -0.4 is 11.3 Å². The van der Waals surface area contributed by atoms with Crippen molar-refractivity contribution in [2.24, 2.45) is 11.3 Å². The van der Waals surface area contributed by atoms with Gasteiger partial charge in [-0.2, -0.15) is 0 Å². The van der Waals surface area contributed by atoms with Gasteiger partial charge in [0, 0.05) is 6.04 Å². The van der Waals surface area contributed by atoms with E-state index in [0.29, 0.717) is 11.5 Å². The molecule has 1 aliphatic carbocycles. The highest BCUT2D eigenvalue weighted by atomic mass is 15.2. The second-order valence-electron chi connectivity index (χ2n) is 6.84. The summed E-state index contributed by atoms with van der Waals surface area (Å²) in [5.41, 5.74) is 3.57. The second kappa shape index (κ2) is 9.77. The van der Waals surface area contributed by atoms with Gasteiger partial charge in [-0.15, -0.1) is 0 Å². The lowest BCUT2D eigenvalue weighted by molar-refractivity contribution is 0.207. The number of unbranched alkanes of at least 4 members (excludes halogenated alkanes) is 7. The fourth-order valence-corrected chi connectivity index (χ4v) is 3.65. The van der Waals surface area contributed by atoms with E-state index in [2.05, 4.69) is 19.3 Å². The smallest absolute Gasteiger partial charge is 0.0264 e. The first-order valence-electron chi connectivity index (χ1n) is 8.69. The lowest BCUT2D eigenvalue weighted by atomic mass is 9.78. The number of rotatable bonds is 11. The van der Waals surface area contributed by atoms with E-state index in [-0.39, 0.29) is 0 Å². The van der Waals surface area contributed by atoms with Gasteiger partial charge in [-0.25, -0.2) is 0 Å². The molecule has 1 saturated carbocycles. The topological polar surface area (TPSA) is 38.0 Å². The summed E-state index contributed by atoms with van der Waals surface area (Å²) in [5.74, 6) is 5.78. The summed E-state index contributed by atoms with van der Waals surface area (Å²) in [6.07, 6.45) is 18.0. The highest BCUT2D eigenvalue weighted by molar-refractivity contribution is 4.90. The van der Waals surface area contributed by atoms with Crippen LogP contribution in [-0.4, -0.2) is 6.04 Å². The molecule has 19 heavy (non-hydrogen) atoms. The van der Waals surface area contributed by atoms with Crippen molar-refractivity contribution in [1.29, 1.82) is 0 Å². The van der Waals surface area contributed by atoms with E-state index in [1.54, 1.807) is 0 Å². The Balaban J connectivity index is 2.03. The standard InChI is InChI=1S/C17H36N2/c1-3-4-5-6-7-8-9-10-13-16(19-18)17(2)14-11-12-15-17/h16,19H,3-15,18H2,1-2H3. The second-order valence-corrected chi connectivity index (χ2v) is 6.84. The number of nitrogens with one attached hydrogen (secondary N) is 1. The molecular formula is C17H36N2. The first kappa shape index (κ1) is 17.0. The third-order valence-corrected chi connectivity index (χ3v) is 5.13. The molecule has 2 nitrogen and oxygen atoms in total. The summed E-state index contributed by atoms with van der Waals surface area (Å²) < 4.78 is 0. The van der Waals surface area contributed by atoms with E-state index < -0.39 is 0 Å². The van der Waals surface area contributed by atoms with Gasteiger partial charge in [0.25, 0.3) is 0 Å². The molecule has 0 aromatic carbocycles. The monoisotopic (exact) mass is 268 g/mol. The molecule has 0 spiro atoms. The zero-order valence-corrected chi connectivity index (χ0v) is 13.3. The van der Waals surface area contributed by atoms with E-state index in [1.807, 2.05) is 0 Å². The van der Waals surface area contributed by atoms with Crippen molar-refractivity contribution in [1.82, 2.24) is 5.43 Å². The molecule has 0 aliphatic heterocycles. The third-order valence-electron chi connectivity index (χ3n) is 5.13. The minimum atomic E-state index is 0.468. The van der Waals surface area contributed by atoms with Crippen LogP contribution in [0.2, 0.25) is 0 Å². The van der Waals surface area contributed by atoms with Crippen LogP contribution in [0.4, 0.5) is 0 Å². The maximum absolute atomic E-state index is 5.78. The largest absolute Gasteiger partial charge is 0.271 e. The molecule has 1 unspecified atom stereocenters. The summed E-state index contributed by atoms with van der Waals surface area (Å²) >= 11 is 0. The normalized spacial score (nSPS) is 19.7. The first-order chi connectivity index (χ1) is 9.23. The molecule has 1 fully saturated rings. The lowest BCUT2D eigenvalue weighted by Crippen LogP contribution is -2.45. The Kier molecular flexibility index (Phi) is 8.72. The van der Waals surface area contributed by atoms with Gasteiger partial charge in [-0.1, -0.05) is 78.1 Å². The molecule has 0 aromatic heterocycles. The van der Waals surface area contributed by atoms with Crippen LogP contribution in [0.25, 0.3) is 0 Å². The van der Waals surface area contributed by atoms with Crippen LogP contribution in [0.1, 0.15) is 97.3 Å². The molecule has 0 aromatic rings. The van der Waals surface area contributed by atoms with Gasteiger partial charge in [-0.3, -0.25) is 11.3 Å². The van der Waals surface area contributed by atoms with Crippen molar-refractivity contribution in [2.75, 3.05) is 0 Å². The highest BCUT2D eigenvalue weighted by Gasteiger charge is 2.35. The predicted octanol–water partition coefficient (Wildman–Crippen LogP) is 4.93. The highest BCUT2D eigenvalue weighted by Crippen LogP contribution is 2.41. The van der Waals surface area contributed by atoms with Crippen molar-refractivity contribution in [2.45, 2.75) is 103 Å². The molecule has 0 amide bonds. The molecular weight excluding hydrogens is 232 g/mol. The van der Waals surface area contributed by atoms with Crippen LogP contribution >= 0.6 is 0 Å². The molecule has 1 atom stereocenters. The number of hydrogen-bond donors (Lipinski definition) is 2. The van der Waals surface area contributed by atoms with Gasteiger partial charge in [0.05, 0.1) is 0 Å². The summed E-state index contributed by atoms with van der Waals surface area (Å²) in [4.78, 5) is 0. The Morgan fingerprint density at radius 2 is 1.47 bits per heavy atom. The first-order valence-corrected chi connectivity index (χ1v) is 8.69. The van der Waals surface area contributed by atoms with Crippen molar-refractivity contribution >= 4 is 0 Å². The molecule has 0 saturated heterocycles. The van der Waals surface area contributed by atoms with Crippen molar-refractivity contribution in [3.8, 4) is 0 Å². The number of nitrogens with two attached hydrogens (primary N) is 1. The number of hydrazine groups is 1. The molecule has 1 rings (SSSR count). The van der Waals surface area contributed by atoms with Gasteiger partial charge in [-0.05, 0) is 24.7 Å². The molecule has 2 heteroatoms. The van der Waals surface area contributed by atoms with E-state index in [4.69, 9.17) is 5.84 Å². The van der Waals surface area contributed by atoms with Gasteiger partial charge in [0.1, 0.15) is 0 Å². The lowest BCUT2D eigenvalue weighted by Gasteiger charge is -2.33. The summed E-state index contributed by atoms with van der Waals surface area (Å²) in [7, 11) is 0. The molecule has 114 valence electrons. The maximum Gasteiger partial charge on any atom is 0.0264 e. The Bertz CT molecular complexity index is 209. The maximum atomic E-state index is 5.78. The van der Waals surface area contributed by atoms with Crippen molar-refractivity contribution < 1.29 is 0 Å². The quantitative estimate of drug-likeness (QED) is 0.317. The minimum Gasteiger partial charge on any atom is -0.271 e. The Morgan fingerprint density at radius 3 is 2.00 bits per heavy atom. The van der Waals surface area contributed by atoms with Gasteiger partial charge < -0.3 is 0 Å². The zero-order valence-electron chi connectivity index (χ0n) is 13.3. The summed E-state index contributed by atoms with van der Waals surface area (Å²) in [6, 6.07) is 0.537. The van der Waals surface area contributed by atoms with E-state index >= 15 is 0 Å². The van der Waals surface area contributed by atoms with Crippen LogP contribution in [0, 0.1) is 5.41 Å². The fraction of sp³-hybridized carbons (Fsp3) is 1.00. The van der Waals surface area contributed by atoms with Gasteiger partial charge >= 0.3 is 0 Å². The van der Waals surface area contributed by atoms with Crippen LogP contribution in [0.3, 0.4) is 0 Å². The van der Waals surface area contributed by atoms with Crippen molar-refractivity contribution in [3.05, 3.63) is 0 Å². The van der Waals surface area contributed by atoms with Gasteiger partial charge in [0.2, 0.25) is 0 Å². The Hall–Kier alpha value is -0.0800. The molecule has 3 N–H and O–H groups in total. The van der Waals surface area contributed by atoms with Crippen molar-refractivity contribution in [3.63, 3.8) is 0 Å². The average molecular weight is 268 g/mol. The zero-order chi connectivity index (χ0) is 14.0. The van der Waals surface area contributed by atoms with Crippen LogP contribution in [-0.2, 0) is 0 Å². The fourth-order valence-electron chi connectivity index (χ4n) is 3.65. The average Bonchev–Trinajstić information content (AvgIpc) is 2.85. The van der Waals surface area contributed by atoms with E-state index in [1.165, 1.54) is 83.5 Å². The summed E-state index contributed by atoms with van der Waals surface area (Å²) in [6.45, 7) is 4.71. The Morgan fingerprint density at radius 1 is 0.947 bits per heavy atom. The predicted molar refractivity (Wildman–Crippen MR) is 84.9 cm³/mol. The van der Waals surface area contributed by atoms with Crippen LogP contribution in [0.5, 0.6) is 0 Å². The molecule has 1 aliphatic rings. The number of hydrogen-bond acceptors (Lipinski definition) is 2. The Labute approximate surface area is 120 Å². The third kappa shape index (κ3) is 6.27. The van der Waals surface area contributed by atoms with Gasteiger partial charge in [0.15, 0.2) is 0 Å². The summed E-state index contributed by atoms with van der Waals surface area (Å²) in [5, 5.41) is 0. The van der Waals surface area contributed by atoms with E-state index in [9.17, 15) is 0 Å².